The Morgan fingerprint density at radius 3 is 2.64 bits per heavy atom. The van der Waals surface area contributed by atoms with Gasteiger partial charge in [-0.2, -0.15) is 5.26 Å². The molecule has 0 spiro atoms. The molecule has 1 heterocycles. The van der Waals surface area contributed by atoms with Gasteiger partial charge >= 0.3 is 0 Å². The van der Waals surface area contributed by atoms with E-state index in [4.69, 9.17) is 22.1 Å². The van der Waals surface area contributed by atoms with Crippen LogP contribution < -0.4 is 10.5 Å². The molecular weight excluding hydrogens is 334 g/mol. The summed E-state index contributed by atoms with van der Waals surface area (Å²) in [5.41, 5.74) is 9.94. The topological polar surface area (TPSA) is 64.0 Å². The van der Waals surface area contributed by atoms with E-state index in [0.29, 0.717) is 28.8 Å². The van der Waals surface area contributed by atoms with Crippen molar-refractivity contribution >= 4 is 17.3 Å². The van der Waals surface area contributed by atoms with Crippen LogP contribution in [0.5, 0.6) is 11.6 Å². The van der Waals surface area contributed by atoms with Crippen molar-refractivity contribution in [2.45, 2.75) is 20.4 Å². The van der Waals surface area contributed by atoms with Crippen molar-refractivity contribution in [2.75, 3.05) is 5.73 Å². The summed E-state index contributed by atoms with van der Waals surface area (Å²) >= 11 is 6.27. The van der Waals surface area contributed by atoms with Gasteiger partial charge in [-0.1, -0.05) is 41.9 Å². The molecule has 0 atom stereocenters. The molecule has 0 fully saturated rings. The Morgan fingerprint density at radius 1 is 1.16 bits per heavy atom. The van der Waals surface area contributed by atoms with E-state index >= 15 is 0 Å². The molecule has 0 saturated heterocycles. The lowest BCUT2D eigenvalue weighted by Gasteiger charge is -2.15. The summed E-state index contributed by atoms with van der Waals surface area (Å²) in [5.74, 6) is 1.17. The molecule has 25 heavy (non-hydrogen) atoms. The highest BCUT2D eigenvalue weighted by molar-refractivity contribution is 6.31. The minimum absolute atomic E-state index is 0.403. The Kier molecular flexibility index (Phi) is 4.69. The standard InChI is InChI=1S/C20H18ClN3O/c1-13-7-8-14(2)19(9-13)25-20-18(23)10-16(11-22)24(20)12-15-5-3-4-6-17(15)21/h3-10H,12,23H2,1-2H3. The average molecular weight is 352 g/mol. The number of benzene rings is 2. The number of hydrogen-bond donors (Lipinski definition) is 1. The van der Waals surface area contributed by atoms with Gasteiger partial charge in [0.25, 0.3) is 0 Å². The number of halogens is 1. The van der Waals surface area contributed by atoms with Gasteiger partial charge in [0.05, 0.1) is 12.2 Å². The molecule has 0 saturated carbocycles. The first-order valence-electron chi connectivity index (χ1n) is 7.87. The van der Waals surface area contributed by atoms with Crippen LogP contribution in [-0.2, 0) is 6.54 Å². The number of hydrogen-bond acceptors (Lipinski definition) is 3. The normalized spacial score (nSPS) is 10.5. The first-order chi connectivity index (χ1) is 12.0. The molecule has 3 aromatic rings. The molecule has 3 rings (SSSR count). The first-order valence-corrected chi connectivity index (χ1v) is 8.25. The van der Waals surface area contributed by atoms with Gasteiger partial charge in [0.1, 0.15) is 17.5 Å². The lowest BCUT2D eigenvalue weighted by molar-refractivity contribution is 0.434. The van der Waals surface area contributed by atoms with Crippen molar-refractivity contribution in [1.82, 2.24) is 4.57 Å². The molecule has 0 amide bonds. The fourth-order valence-corrected chi connectivity index (χ4v) is 2.83. The fourth-order valence-electron chi connectivity index (χ4n) is 2.63. The van der Waals surface area contributed by atoms with Crippen molar-refractivity contribution in [1.29, 1.82) is 5.26 Å². The van der Waals surface area contributed by atoms with Gasteiger partial charge in [-0.25, -0.2) is 0 Å². The highest BCUT2D eigenvalue weighted by Crippen LogP contribution is 2.34. The first kappa shape index (κ1) is 16.9. The molecule has 0 bridgehead atoms. The Morgan fingerprint density at radius 2 is 1.92 bits per heavy atom. The predicted molar refractivity (Wildman–Crippen MR) is 100 cm³/mol. The monoisotopic (exact) mass is 351 g/mol. The van der Waals surface area contributed by atoms with Crippen LogP contribution >= 0.6 is 11.6 Å². The van der Waals surface area contributed by atoms with E-state index < -0.39 is 0 Å². The van der Waals surface area contributed by atoms with Crippen molar-refractivity contribution in [2.24, 2.45) is 0 Å². The van der Waals surface area contributed by atoms with Crippen molar-refractivity contribution in [3.05, 3.63) is 75.9 Å². The third kappa shape index (κ3) is 3.47. The van der Waals surface area contributed by atoms with E-state index in [9.17, 15) is 5.26 Å². The zero-order valence-corrected chi connectivity index (χ0v) is 14.8. The second-order valence-electron chi connectivity index (χ2n) is 5.95. The number of nitrogens with zero attached hydrogens (tertiary/aromatic N) is 2. The molecule has 5 heteroatoms. The maximum absolute atomic E-state index is 9.45. The number of ether oxygens (including phenoxy) is 1. The second kappa shape index (κ2) is 6.92. The summed E-state index contributed by atoms with van der Waals surface area (Å²) in [6.45, 7) is 4.37. The largest absolute Gasteiger partial charge is 0.438 e. The molecule has 2 aromatic carbocycles. The zero-order valence-electron chi connectivity index (χ0n) is 14.1. The molecular formula is C20H18ClN3O. The number of aromatic nitrogens is 1. The third-order valence-corrected chi connectivity index (χ3v) is 4.39. The summed E-state index contributed by atoms with van der Waals surface area (Å²) in [4.78, 5) is 0. The van der Waals surface area contributed by atoms with E-state index in [0.717, 1.165) is 22.4 Å². The molecule has 0 aliphatic carbocycles. The predicted octanol–water partition coefficient (Wildman–Crippen LogP) is 5.05. The quantitative estimate of drug-likeness (QED) is 0.715. The maximum Gasteiger partial charge on any atom is 0.224 e. The number of nitrogens with two attached hydrogens (primary N) is 1. The highest BCUT2D eigenvalue weighted by atomic mass is 35.5. The zero-order chi connectivity index (χ0) is 18.0. The van der Waals surface area contributed by atoms with Crippen molar-refractivity contribution < 1.29 is 4.74 Å². The number of aryl methyl sites for hydroxylation is 2. The minimum Gasteiger partial charge on any atom is -0.438 e. The molecule has 0 aliphatic heterocycles. The number of nitriles is 1. The van der Waals surface area contributed by atoms with Gasteiger partial charge < -0.3 is 10.5 Å². The number of nitrogen functional groups attached to an aromatic ring is 1. The van der Waals surface area contributed by atoms with E-state index in [1.54, 1.807) is 10.6 Å². The highest BCUT2D eigenvalue weighted by Gasteiger charge is 2.17. The number of rotatable bonds is 4. The van der Waals surface area contributed by atoms with Crippen LogP contribution in [0.25, 0.3) is 0 Å². The van der Waals surface area contributed by atoms with Crippen LogP contribution in [0, 0.1) is 25.2 Å². The minimum atomic E-state index is 0.403. The SMILES string of the molecule is Cc1ccc(C)c(Oc2c(N)cc(C#N)n2Cc2ccccc2Cl)c1. The molecule has 4 nitrogen and oxygen atoms in total. The Bertz CT molecular complexity index is 970. The van der Waals surface area contributed by atoms with E-state index in [1.165, 1.54) is 0 Å². The van der Waals surface area contributed by atoms with Gasteiger partial charge in [-0.15, -0.1) is 0 Å². The average Bonchev–Trinajstić information content (AvgIpc) is 2.88. The van der Waals surface area contributed by atoms with Gasteiger partial charge in [-0.05, 0) is 42.7 Å². The van der Waals surface area contributed by atoms with Crippen LogP contribution in [0.15, 0.2) is 48.5 Å². The molecule has 1 aromatic heterocycles. The smallest absolute Gasteiger partial charge is 0.224 e. The van der Waals surface area contributed by atoms with E-state index in [2.05, 4.69) is 6.07 Å². The second-order valence-corrected chi connectivity index (χ2v) is 6.36. The summed E-state index contributed by atoms with van der Waals surface area (Å²) in [7, 11) is 0. The third-order valence-electron chi connectivity index (χ3n) is 4.03. The van der Waals surface area contributed by atoms with Crippen LogP contribution in [-0.4, -0.2) is 4.57 Å². The summed E-state index contributed by atoms with van der Waals surface area (Å²) < 4.78 is 7.84. The Labute approximate surface area is 152 Å². The molecule has 0 radical (unpaired) electrons. The molecule has 0 unspecified atom stereocenters. The van der Waals surface area contributed by atoms with Crippen LogP contribution in [0.4, 0.5) is 5.69 Å². The van der Waals surface area contributed by atoms with Crippen LogP contribution in [0.3, 0.4) is 0 Å². The Hall–Kier alpha value is -2.90. The lowest BCUT2D eigenvalue weighted by atomic mass is 10.1. The van der Waals surface area contributed by atoms with E-state index in [-0.39, 0.29) is 0 Å². The van der Waals surface area contributed by atoms with Crippen molar-refractivity contribution in [3.8, 4) is 17.7 Å². The van der Waals surface area contributed by atoms with Crippen LogP contribution in [0.1, 0.15) is 22.4 Å². The maximum atomic E-state index is 9.45. The molecule has 126 valence electrons. The van der Waals surface area contributed by atoms with Gasteiger partial charge in [0, 0.05) is 11.1 Å². The number of anilines is 1. The summed E-state index contributed by atoms with van der Waals surface area (Å²) in [6.07, 6.45) is 0. The van der Waals surface area contributed by atoms with Gasteiger partial charge in [0.15, 0.2) is 0 Å². The lowest BCUT2D eigenvalue weighted by Crippen LogP contribution is -2.06. The van der Waals surface area contributed by atoms with E-state index in [1.807, 2.05) is 56.3 Å². The van der Waals surface area contributed by atoms with Crippen molar-refractivity contribution in [3.63, 3.8) is 0 Å². The van der Waals surface area contributed by atoms with Gasteiger partial charge in [-0.3, -0.25) is 4.57 Å². The van der Waals surface area contributed by atoms with Gasteiger partial charge in [0.2, 0.25) is 5.88 Å². The summed E-state index contributed by atoms with van der Waals surface area (Å²) in [6, 6.07) is 17.3. The summed E-state index contributed by atoms with van der Waals surface area (Å²) in [5, 5.41) is 10.1. The molecule has 0 aliphatic rings. The Balaban J connectivity index is 2.05. The van der Waals surface area contributed by atoms with Crippen LogP contribution in [0.2, 0.25) is 5.02 Å². The molecule has 2 N–H and O–H groups in total. The fraction of sp³-hybridized carbons (Fsp3) is 0.150.